The van der Waals surface area contributed by atoms with Crippen LogP contribution in [0.1, 0.15) is 0 Å². The van der Waals surface area contributed by atoms with Crippen molar-refractivity contribution in [2.75, 3.05) is 7.11 Å². The number of nitriles is 4. The van der Waals surface area contributed by atoms with Gasteiger partial charge in [0.2, 0.25) is 0 Å². The number of ether oxygens (including phenoxy) is 1. The molecular weight excluding hydrogens is 280 g/mol. The molecule has 0 aromatic carbocycles. The van der Waals surface area contributed by atoms with Crippen LogP contribution in [0.5, 0.6) is 0 Å². The molecule has 22 heavy (non-hydrogen) atoms. The van der Waals surface area contributed by atoms with Crippen LogP contribution in [0.15, 0.2) is 23.8 Å². The summed E-state index contributed by atoms with van der Waals surface area (Å²) in [6.07, 6.45) is 5.03. The molecule has 0 aliphatic heterocycles. The van der Waals surface area contributed by atoms with Crippen molar-refractivity contribution in [3.63, 3.8) is 0 Å². The third-order valence-electron chi connectivity index (χ3n) is 5.24. The summed E-state index contributed by atoms with van der Waals surface area (Å²) >= 11 is 0. The smallest absolute Gasteiger partial charge is 0.334 e. The molecule has 1 saturated carbocycles. The second-order valence-electron chi connectivity index (χ2n) is 5.72. The molecule has 1 fully saturated rings. The van der Waals surface area contributed by atoms with Crippen LogP contribution < -0.4 is 0 Å². The van der Waals surface area contributed by atoms with Gasteiger partial charge in [-0.15, -0.1) is 0 Å². The Morgan fingerprint density at radius 2 is 1.59 bits per heavy atom. The molecule has 0 bridgehead atoms. The van der Waals surface area contributed by atoms with Crippen molar-refractivity contribution < 1.29 is 9.53 Å². The number of rotatable bonds is 1. The number of esters is 1. The van der Waals surface area contributed by atoms with Crippen LogP contribution in [0.25, 0.3) is 0 Å². The third kappa shape index (κ3) is 1.15. The Morgan fingerprint density at radius 3 is 2.09 bits per heavy atom. The lowest BCUT2D eigenvalue weighted by Crippen LogP contribution is -2.39. The SMILES string of the molecule is COC(=O)C1=C[C@@H]2[C@@H]3[C@@H]1C=C[C@@H]3C(C#N)(C#N)C2(C#N)C#N. The van der Waals surface area contributed by atoms with Crippen LogP contribution in [-0.2, 0) is 9.53 Å². The average Bonchev–Trinajstić information content (AvgIpc) is 3.19. The monoisotopic (exact) mass is 290 g/mol. The maximum Gasteiger partial charge on any atom is 0.334 e. The Labute approximate surface area is 127 Å². The molecule has 106 valence electrons. The van der Waals surface area contributed by atoms with E-state index in [1.54, 1.807) is 18.2 Å². The zero-order chi connectivity index (χ0) is 16.1. The summed E-state index contributed by atoms with van der Waals surface area (Å²) in [5.74, 6) is -2.30. The van der Waals surface area contributed by atoms with Crippen LogP contribution in [0.2, 0.25) is 0 Å². The fraction of sp³-hybridized carbons (Fsp3) is 0.438. The minimum Gasteiger partial charge on any atom is -0.466 e. The lowest BCUT2D eigenvalue weighted by atomic mass is 9.63. The molecule has 0 spiro atoms. The first-order valence-electron chi connectivity index (χ1n) is 6.70. The quantitative estimate of drug-likeness (QED) is 0.528. The fourth-order valence-electron chi connectivity index (χ4n) is 4.29. The van der Waals surface area contributed by atoms with E-state index in [1.807, 2.05) is 24.3 Å². The number of hydrogen-bond acceptors (Lipinski definition) is 6. The highest BCUT2D eigenvalue weighted by atomic mass is 16.5. The van der Waals surface area contributed by atoms with Crippen molar-refractivity contribution in [3.8, 4) is 24.3 Å². The Kier molecular flexibility index (Phi) is 2.65. The van der Waals surface area contributed by atoms with Crippen molar-refractivity contribution in [1.82, 2.24) is 0 Å². The van der Waals surface area contributed by atoms with Crippen molar-refractivity contribution in [2.45, 2.75) is 0 Å². The van der Waals surface area contributed by atoms with Crippen LogP contribution in [-0.4, -0.2) is 13.1 Å². The van der Waals surface area contributed by atoms with Gasteiger partial charge >= 0.3 is 5.97 Å². The van der Waals surface area contributed by atoms with E-state index in [4.69, 9.17) is 4.74 Å². The molecule has 6 heteroatoms. The van der Waals surface area contributed by atoms with Crippen molar-refractivity contribution in [1.29, 1.82) is 21.0 Å². The standard InChI is InChI=1S/C16H10N4O2/c1-22-14(21)10-4-12-13-9(10)2-3-11(13)15(5-17,6-18)16(12,7-19)8-20/h2-4,9,11-13H,1H3/t9-,11+,12-,13-/m1/s1. The van der Waals surface area contributed by atoms with Gasteiger partial charge in [-0.25, -0.2) is 4.79 Å². The predicted molar refractivity (Wildman–Crippen MR) is 70.5 cm³/mol. The highest BCUT2D eigenvalue weighted by Gasteiger charge is 2.75. The molecule has 6 nitrogen and oxygen atoms in total. The first kappa shape index (κ1) is 13.9. The van der Waals surface area contributed by atoms with Gasteiger partial charge < -0.3 is 4.74 Å². The minimum absolute atomic E-state index is 0.298. The van der Waals surface area contributed by atoms with E-state index in [1.165, 1.54) is 7.11 Å². The molecule has 0 saturated heterocycles. The molecular formula is C16H10N4O2. The van der Waals surface area contributed by atoms with Gasteiger partial charge in [-0.3, -0.25) is 0 Å². The number of carbonyl (C=O) groups excluding carboxylic acids is 1. The second kappa shape index (κ2) is 4.20. The lowest BCUT2D eigenvalue weighted by molar-refractivity contribution is -0.136. The molecule has 0 N–H and O–H groups in total. The topological polar surface area (TPSA) is 121 Å². The van der Waals surface area contributed by atoms with Gasteiger partial charge in [0.05, 0.1) is 31.4 Å². The first-order valence-corrected chi connectivity index (χ1v) is 6.70. The summed E-state index contributed by atoms with van der Waals surface area (Å²) in [6, 6.07) is 7.70. The van der Waals surface area contributed by atoms with E-state index in [0.717, 1.165) is 0 Å². The van der Waals surface area contributed by atoms with E-state index >= 15 is 0 Å². The van der Waals surface area contributed by atoms with E-state index < -0.39 is 28.6 Å². The maximum absolute atomic E-state index is 11.9. The molecule has 0 radical (unpaired) electrons. The molecule has 0 amide bonds. The van der Waals surface area contributed by atoms with Crippen molar-refractivity contribution in [2.24, 2.45) is 34.5 Å². The van der Waals surface area contributed by atoms with Gasteiger partial charge in [-0.05, 0) is 5.92 Å². The van der Waals surface area contributed by atoms with E-state index in [9.17, 15) is 25.8 Å². The first-order chi connectivity index (χ1) is 10.6. The summed E-state index contributed by atoms with van der Waals surface area (Å²) in [5.41, 5.74) is -3.12. The van der Waals surface area contributed by atoms with Gasteiger partial charge in [0.25, 0.3) is 0 Å². The van der Waals surface area contributed by atoms with Crippen molar-refractivity contribution >= 4 is 5.97 Å². The predicted octanol–water partition coefficient (Wildman–Crippen LogP) is 1.21. The van der Waals surface area contributed by atoms with Crippen LogP contribution in [0.4, 0.5) is 0 Å². The number of carbonyl (C=O) groups is 1. The molecule has 3 rings (SSSR count). The third-order valence-corrected chi connectivity index (χ3v) is 5.24. The van der Waals surface area contributed by atoms with E-state index in [-0.39, 0.29) is 11.8 Å². The average molecular weight is 290 g/mol. The summed E-state index contributed by atoms with van der Waals surface area (Å²) in [5, 5.41) is 38.4. The van der Waals surface area contributed by atoms with Gasteiger partial charge in [-0.1, -0.05) is 18.2 Å². The highest BCUT2D eigenvalue weighted by Crippen LogP contribution is 2.69. The zero-order valence-electron chi connectivity index (χ0n) is 11.6. The van der Waals surface area contributed by atoms with Gasteiger partial charge in [0.15, 0.2) is 10.8 Å². The number of nitrogens with zero attached hydrogens (tertiary/aromatic N) is 4. The number of methoxy groups -OCH3 is 1. The Bertz CT molecular complexity index is 768. The van der Waals surface area contributed by atoms with Gasteiger partial charge in [-0.2, -0.15) is 21.0 Å². The molecule has 0 unspecified atom stereocenters. The number of hydrogen-bond donors (Lipinski definition) is 0. The lowest BCUT2D eigenvalue weighted by Gasteiger charge is -2.28. The summed E-state index contributed by atoms with van der Waals surface area (Å²) in [7, 11) is 1.27. The largest absolute Gasteiger partial charge is 0.466 e. The zero-order valence-corrected chi connectivity index (χ0v) is 11.6. The number of allylic oxidation sites excluding steroid dienone is 3. The Morgan fingerprint density at radius 1 is 1.05 bits per heavy atom. The summed E-state index contributed by atoms with van der Waals surface area (Å²) in [4.78, 5) is 11.9. The molecule has 0 heterocycles. The summed E-state index contributed by atoms with van der Waals surface area (Å²) in [6.45, 7) is 0. The van der Waals surface area contributed by atoms with E-state index in [0.29, 0.717) is 5.57 Å². The van der Waals surface area contributed by atoms with Crippen LogP contribution >= 0.6 is 0 Å². The van der Waals surface area contributed by atoms with Gasteiger partial charge in [0.1, 0.15) is 0 Å². The maximum atomic E-state index is 11.9. The highest BCUT2D eigenvalue weighted by molar-refractivity contribution is 5.90. The Hall–Kier alpha value is -3.09. The molecule has 3 aliphatic carbocycles. The van der Waals surface area contributed by atoms with Crippen molar-refractivity contribution in [3.05, 3.63) is 23.8 Å². The van der Waals surface area contributed by atoms with E-state index in [2.05, 4.69) is 0 Å². The molecule has 0 aromatic rings. The molecule has 4 atom stereocenters. The minimum atomic E-state index is -1.79. The summed E-state index contributed by atoms with van der Waals surface area (Å²) < 4.78 is 4.75. The van der Waals surface area contributed by atoms with Crippen LogP contribution in [0.3, 0.4) is 0 Å². The molecule has 0 aromatic heterocycles. The normalized spacial score (nSPS) is 34.5. The Balaban J connectivity index is 2.27. The van der Waals surface area contributed by atoms with Crippen LogP contribution in [0, 0.1) is 79.8 Å². The second-order valence-corrected chi connectivity index (χ2v) is 5.72. The fourth-order valence-corrected chi connectivity index (χ4v) is 4.29. The van der Waals surface area contributed by atoms with Gasteiger partial charge in [0, 0.05) is 23.3 Å². The molecule has 3 aliphatic rings.